The standard InChI is InChI=1S/C16H14ClNO/c1-11(2)12-4-3-5-15(8-12)19-16-9-14(17)7-6-13(16)10-18/h3-9,11H,1-2H3. The van der Waals surface area contributed by atoms with Gasteiger partial charge in [-0.3, -0.25) is 0 Å². The molecule has 0 atom stereocenters. The largest absolute Gasteiger partial charge is 0.456 e. The van der Waals surface area contributed by atoms with Gasteiger partial charge in [-0.15, -0.1) is 0 Å². The smallest absolute Gasteiger partial charge is 0.146 e. The maximum atomic E-state index is 9.06. The summed E-state index contributed by atoms with van der Waals surface area (Å²) in [7, 11) is 0. The zero-order valence-corrected chi connectivity index (χ0v) is 11.6. The monoisotopic (exact) mass is 271 g/mol. The Morgan fingerprint density at radius 1 is 1.16 bits per heavy atom. The lowest BCUT2D eigenvalue weighted by Crippen LogP contribution is -1.91. The van der Waals surface area contributed by atoms with Crippen molar-refractivity contribution in [2.75, 3.05) is 0 Å². The van der Waals surface area contributed by atoms with Crippen LogP contribution in [0.5, 0.6) is 11.5 Å². The summed E-state index contributed by atoms with van der Waals surface area (Å²) in [5.74, 6) is 1.62. The van der Waals surface area contributed by atoms with Crippen LogP contribution in [-0.2, 0) is 0 Å². The fourth-order valence-electron chi connectivity index (χ4n) is 1.74. The third-order valence-corrected chi connectivity index (χ3v) is 3.05. The van der Waals surface area contributed by atoms with Crippen molar-refractivity contribution in [3.8, 4) is 17.6 Å². The van der Waals surface area contributed by atoms with Gasteiger partial charge in [0.25, 0.3) is 0 Å². The summed E-state index contributed by atoms with van der Waals surface area (Å²) in [6.07, 6.45) is 0. The molecular formula is C16H14ClNO. The highest BCUT2D eigenvalue weighted by atomic mass is 35.5. The van der Waals surface area contributed by atoms with Crippen molar-refractivity contribution in [3.63, 3.8) is 0 Å². The molecule has 0 aliphatic heterocycles. The number of hydrogen-bond donors (Lipinski definition) is 0. The molecule has 0 aliphatic rings. The van der Waals surface area contributed by atoms with Crippen LogP contribution in [0.3, 0.4) is 0 Å². The van der Waals surface area contributed by atoms with Gasteiger partial charge in [-0.05, 0) is 35.7 Å². The predicted octanol–water partition coefficient (Wildman–Crippen LogP) is 5.13. The summed E-state index contributed by atoms with van der Waals surface area (Å²) < 4.78 is 5.77. The normalized spacial score (nSPS) is 10.3. The third-order valence-electron chi connectivity index (χ3n) is 2.82. The highest BCUT2D eigenvalue weighted by molar-refractivity contribution is 6.30. The molecule has 2 rings (SSSR count). The first-order valence-corrected chi connectivity index (χ1v) is 6.45. The van der Waals surface area contributed by atoms with Gasteiger partial charge in [-0.1, -0.05) is 37.6 Å². The second-order valence-corrected chi connectivity index (χ2v) is 5.02. The second-order valence-electron chi connectivity index (χ2n) is 4.58. The Hall–Kier alpha value is -1.98. The minimum absolute atomic E-state index is 0.429. The van der Waals surface area contributed by atoms with Crippen LogP contribution in [-0.4, -0.2) is 0 Å². The van der Waals surface area contributed by atoms with Crippen molar-refractivity contribution >= 4 is 11.6 Å². The highest BCUT2D eigenvalue weighted by Gasteiger charge is 2.07. The Morgan fingerprint density at radius 2 is 1.95 bits per heavy atom. The van der Waals surface area contributed by atoms with Crippen LogP contribution in [0.1, 0.15) is 30.9 Å². The van der Waals surface area contributed by atoms with E-state index >= 15 is 0 Å². The van der Waals surface area contributed by atoms with Crippen molar-refractivity contribution in [2.24, 2.45) is 0 Å². The average Bonchev–Trinajstić information content (AvgIpc) is 2.39. The molecule has 0 fully saturated rings. The van der Waals surface area contributed by atoms with Gasteiger partial charge in [-0.2, -0.15) is 5.26 Å². The first-order chi connectivity index (χ1) is 9.10. The molecule has 0 amide bonds. The van der Waals surface area contributed by atoms with E-state index in [4.69, 9.17) is 21.6 Å². The number of ether oxygens (including phenoxy) is 1. The summed E-state index contributed by atoms with van der Waals surface area (Å²) in [6.45, 7) is 4.25. The molecule has 0 saturated carbocycles. The minimum atomic E-state index is 0.429. The number of nitriles is 1. The summed E-state index contributed by atoms with van der Waals surface area (Å²) in [4.78, 5) is 0. The van der Waals surface area contributed by atoms with Crippen LogP contribution in [0.25, 0.3) is 0 Å². The maximum absolute atomic E-state index is 9.06. The second kappa shape index (κ2) is 5.77. The molecule has 2 nitrogen and oxygen atoms in total. The van der Waals surface area contributed by atoms with Gasteiger partial charge in [0.05, 0.1) is 5.56 Å². The van der Waals surface area contributed by atoms with E-state index in [1.807, 2.05) is 18.2 Å². The Balaban J connectivity index is 2.33. The van der Waals surface area contributed by atoms with E-state index in [1.165, 1.54) is 5.56 Å². The molecule has 2 aromatic carbocycles. The SMILES string of the molecule is CC(C)c1cccc(Oc2cc(Cl)ccc2C#N)c1. The fourth-order valence-corrected chi connectivity index (χ4v) is 1.90. The minimum Gasteiger partial charge on any atom is -0.456 e. The number of hydrogen-bond acceptors (Lipinski definition) is 2. The molecule has 0 unspecified atom stereocenters. The number of nitrogens with zero attached hydrogens (tertiary/aromatic N) is 1. The molecule has 0 radical (unpaired) electrons. The fraction of sp³-hybridized carbons (Fsp3) is 0.188. The van der Waals surface area contributed by atoms with Crippen LogP contribution in [0.4, 0.5) is 0 Å². The Bertz CT molecular complexity index is 629. The van der Waals surface area contributed by atoms with Gasteiger partial charge in [0.15, 0.2) is 0 Å². The van der Waals surface area contributed by atoms with E-state index in [1.54, 1.807) is 18.2 Å². The lowest BCUT2D eigenvalue weighted by molar-refractivity contribution is 0.480. The molecule has 0 spiro atoms. The van der Waals surface area contributed by atoms with E-state index in [-0.39, 0.29) is 0 Å². The number of benzene rings is 2. The lowest BCUT2D eigenvalue weighted by Gasteiger charge is -2.10. The first-order valence-electron chi connectivity index (χ1n) is 6.07. The van der Waals surface area contributed by atoms with Crippen LogP contribution in [0.2, 0.25) is 5.02 Å². The first kappa shape index (κ1) is 13.5. The number of halogens is 1. The molecule has 19 heavy (non-hydrogen) atoms. The Labute approximate surface area is 118 Å². The Morgan fingerprint density at radius 3 is 2.63 bits per heavy atom. The molecular weight excluding hydrogens is 258 g/mol. The summed E-state index contributed by atoms with van der Waals surface area (Å²) in [5.41, 5.74) is 1.66. The van der Waals surface area contributed by atoms with E-state index in [9.17, 15) is 0 Å². The molecule has 2 aromatic rings. The maximum Gasteiger partial charge on any atom is 0.146 e. The molecule has 0 bridgehead atoms. The molecule has 0 aliphatic carbocycles. The van der Waals surface area contributed by atoms with Gasteiger partial charge >= 0.3 is 0 Å². The van der Waals surface area contributed by atoms with E-state index in [2.05, 4.69) is 26.0 Å². The molecule has 0 aromatic heterocycles. The average molecular weight is 272 g/mol. The van der Waals surface area contributed by atoms with E-state index < -0.39 is 0 Å². The zero-order valence-electron chi connectivity index (χ0n) is 10.9. The summed E-state index contributed by atoms with van der Waals surface area (Å²) in [6, 6.07) is 14.9. The number of rotatable bonds is 3. The van der Waals surface area contributed by atoms with Crippen LogP contribution < -0.4 is 4.74 Å². The van der Waals surface area contributed by atoms with Gasteiger partial charge < -0.3 is 4.74 Å². The summed E-state index contributed by atoms with van der Waals surface area (Å²) >= 11 is 5.93. The van der Waals surface area contributed by atoms with Crippen molar-refractivity contribution in [3.05, 3.63) is 58.6 Å². The van der Waals surface area contributed by atoms with Gasteiger partial charge in [0.1, 0.15) is 17.6 Å². The van der Waals surface area contributed by atoms with Crippen molar-refractivity contribution in [2.45, 2.75) is 19.8 Å². The van der Waals surface area contributed by atoms with Crippen molar-refractivity contribution in [1.82, 2.24) is 0 Å². The molecule has 0 saturated heterocycles. The van der Waals surface area contributed by atoms with E-state index in [0.717, 1.165) is 0 Å². The van der Waals surface area contributed by atoms with Crippen LogP contribution in [0, 0.1) is 11.3 Å². The van der Waals surface area contributed by atoms with Crippen LogP contribution in [0.15, 0.2) is 42.5 Å². The molecule has 3 heteroatoms. The van der Waals surface area contributed by atoms with Gasteiger partial charge in [0, 0.05) is 11.1 Å². The van der Waals surface area contributed by atoms with E-state index in [0.29, 0.717) is 28.0 Å². The predicted molar refractivity (Wildman–Crippen MR) is 76.8 cm³/mol. The summed E-state index contributed by atoms with van der Waals surface area (Å²) in [5, 5.41) is 9.61. The van der Waals surface area contributed by atoms with Crippen LogP contribution >= 0.6 is 11.6 Å². The quantitative estimate of drug-likeness (QED) is 0.775. The van der Waals surface area contributed by atoms with Crippen molar-refractivity contribution in [1.29, 1.82) is 5.26 Å². The van der Waals surface area contributed by atoms with Gasteiger partial charge in [-0.25, -0.2) is 0 Å². The Kier molecular flexibility index (Phi) is 4.09. The molecule has 96 valence electrons. The lowest BCUT2D eigenvalue weighted by atomic mass is 10.0. The van der Waals surface area contributed by atoms with Crippen molar-refractivity contribution < 1.29 is 4.74 Å². The van der Waals surface area contributed by atoms with Gasteiger partial charge in [0.2, 0.25) is 0 Å². The molecule has 0 heterocycles. The third kappa shape index (κ3) is 3.27. The topological polar surface area (TPSA) is 33.0 Å². The molecule has 0 N–H and O–H groups in total. The zero-order chi connectivity index (χ0) is 13.8. The highest BCUT2D eigenvalue weighted by Crippen LogP contribution is 2.29.